The molecule has 0 atom stereocenters. The van der Waals surface area contributed by atoms with Gasteiger partial charge in [-0.25, -0.2) is 0 Å². The molecule has 0 fully saturated rings. The Morgan fingerprint density at radius 1 is 1.56 bits per heavy atom. The maximum absolute atomic E-state index is 11.7. The zero-order valence-electron chi connectivity index (χ0n) is 10.8. The van der Waals surface area contributed by atoms with E-state index in [0.717, 1.165) is 6.54 Å². The molecule has 0 aliphatic heterocycles. The van der Waals surface area contributed by atoms with Crippen LogP contribution in [0.25, 0.3) is 0 Å². The van der Waals surface area contributed by atoms with Gasteiger partial charge in [-0.1, -0.05) is 0 Å². The fourth-order valence-corrected chi connectivity index (χ4v) is 1.71. The zero-order chi connectivity index (χ0) is 13.7. The molecule has 0 aromatic carbocycles. The summed E-state index contributed by atoms with van der Waals surface area (Å²) in [7, 11) is 3.88. The molecule has 0 aliphatic rings. The van der Waals surface area contributed by atoms with Crippen LogP contribution in [0, 0.1) is 4.77 Å². The number of nitrogens with one attached hydrogen (secondary N) is 1. The van der Waals surface area contributed by atoms with Gasteiger partial charge in [-0.15, -0.1) is 0 Å². The first-order valence-electron chi connectivity index (χ1n) is 5.68. The number of H-pyrrole nitrogens is 1. The maximum Gasteiger partial charge on any atom is 0.264 e. The highest BCUT2D eigenvalue weighted by molar-refractivity contribution is 7.71. The number of nitrogens with zero attached hydrogens (tertiary/aromatic N) is 3. The molecule has 0 bridgehead atoms. The van der Waals surface area contributed by atoms with Gasteiger partial charge in [0.15, 0.2) is 4.77 Å². The first-order valence-corrected chi connectivity index (χ1v) is 6.08. The normalized spacial score (nSPS) is 11.6. The monoisotopic (exact) mass is 270 g/mol. The largest absolute Gasteiger partial charge is 0.494 e. The van der Waals surface area contributed by atoms with Gasteiger partial charge in [0, 0.05) is 19.3 Å². The van der Waals surface area contributed by atoms with Crippen LogP contribution >= 0.6 is 12.2 Å². The molecule has 1 heterocycles. The van der Waals surface area contributed by atoms with Crippen molar-refractivity contribution in [2.24, 2.45) is 4.99 Å². The summed E-state index contributed by atoms with van der Waals surface area (Å²) in [5.41, 5.74) is -0.278. The van der Waals surface area contributed by atoms with Crippen LogP contribution in [0.4, 0.5) is 0 Å². The molecule has 0 unspecified atom stereocenters. The zero-order valence-corrected chi connectivity index (χ0v) is 11.6. The molecule has 0 saturated carbocycles. The fourth-order valence-electron chi connectivity index (χ4n) is 1.40. The number of hydrogen-bond donors (Lipinski definition) is 2. The van der Waals surface area contributed by atoms with Crippen molar-refractivity contribution in [3.8, 4) is 5.88 Å². The van der Waals surface area contributed by atoms with Gasteiger partial charge in [0.1, 0.15) is 5.56 Å². The van der Waals surface area contributed by atoms with Crippen molar-refractivity contribution in [2.75, 3.05) is 27.2 Å². The van der Waals surface area contributed by atoms with E-state index in [2.05, 4.69) is 9.98 Å². The van der Waals surface area contributed by atoms with Crippen LogP contribution in [0.2, 0.25) is 0 Å². The summed E-state index contributed by atoms with van der Waals surface area (Å²) in [6.07, 6.45) is 1.39. The molecule has 2 N–H and O–H groups in total. The molecule has 1 aromatic heterocycles. The minimum Gasteiger partial charge on any atom is -0.494 e. The molecular formula is C11H18N4O2S. The summed E-state index contributed by atoms with van der Waals surface area (Å²) in [5, 5.41) is 9.93. The van der Waals surface area contributed by atoms with Crippen molar-refractivity contribution in [2.45, 2.75) is 13.5 Å². The first-order chi connectivity index (χ1) is 8.47. The third-order valence-corrected chi connectivity index (χ3v) is 2.74. The molecule has 1 rings (SSSR count). The minimum absolute atomic E-state index is 0.139. The summed E-state index contributed by atoms with van der Waals surface area (Å²) in [6.45, 7) is 3.66. The number of rotatable bonds is 5. The Kier molecular flexibility index (Phi) is 5.24. The predicted octanol–water partition coefficient (Wildman–Crippen LogP) is 0.612. The summed E-state index contributed by atoms with van der Waals surface area (Å²) < 4.78 is 1.66. The van der Waals surface area contributed by atoms with Crippen LogP contribution in [-0.2, 0) is 6.54 Å². The average Bonchev–Trinajstić information content (AvgIpc) is 2.27. The molecule has 7 heteroatoms. The Morgan fingerprint density at radius 3 is 2.78 bits per heavy atom. The molecule has 6 nitrogen and oxygen atoms in total. The Bertz CT molecular complexity index is 545. The van der Waals surface area contributed by atoms with Crippen molar-refractivity contribution >= 4 is 18.4 Å². The van der Waals surface area contributed by atoms with Gasteiger partial charge < -0.3 is 10.0 Å². The van der Waals surface area contributed by atoms with Crippen LogP contribution in [0.1, 0.15) is 12.5 Å². The first kappa shape index (κ1) is 14.6. The Balaban J connectivity index is 3.03. The Hall–Kier alpha value is -1.47. The molecule has 0 aliphatic carbocycles. The van der Waals surface area contributed by atoms with E-state index in [9.17, 15) is 9.90 Å². The number of aliphatic imine (C=N–C) groups is 1. The highest BCUT2D eigenvalue weighted by Crippen LogP contribution is 2.10. The molecule has 0 saturated heterocycles. The predicted molar refractivity (Wildman–Crippen MR) is 74.2 cm³/mol. The van der Waals surface area contributed by atoms with Crippen LogP contribution in [-0.4, -0.2) is 53.0 Å². The molecule has 18 heavy (non-hydrogen) atoms. The maximum atomic E-state index is 11.7. The van der Waals surface area contributed by atoms with Crippen molar-refractivity contribution in [3.63, 3.8) is 0 Å². The van der Waals surface area contributed by atoms with Crippen molar-refractivity contribution in [3.05, 3.63) is 20.7 Å². The van der Waals surface area contributed by atoms with Gasteiger partial charge >= 0.3 is 0 Å². The fraction of sp³-hybridized carbons (Fsp3) is 0.545. The van der Waals surface area contributed by atoms with Crippen LogP contribution in [0.5, 0.6) is 5.88 Å². The average molecular weight is 270 g/mol. The second kappa shape index (κ2) is 6.46. The summed E-state index contributed by atoms with van der Waals surface area (Å²) >= 11 is 4.95. The number of aromatic hydroxyl groups is 1. The van der Waals surface area contributed by atoms with Gasteiger partial charge in [0.25, 0.3) is 5.56 Å². The molecule has 0 spiro atoms. The lowest BCUT2D eigenvalue weighted by molar-refractivity contribution is 0.408. The second-order valence-corrected chi connectivity index (χ2v) is 4.47. The van der Waals surface area contributed by atoms with Crippen molar-refractivity contribution in [1.29, 1.82) is 0 Å². The van der Waals surface area contributed by atoms with Crippen LogP contribution in [0.3, 0.4) is 0 Å². The topological polar surface area (TPSA) is 73.6 Å². The SMILES string of the molecule is CCn1c(O)c(C=NCCN(C)C)c(=O)[nH]c1=S. The van der Waals surface area contributed by atoms with Crippen molar-refractivity contribution < 1.29 is 5.11 Å². The smallest absolute Gasteiger partial charge is 0.264 e. The van der Waals surface area contributed by atoms with E-state index in [1.165, 1.54) is 10.8 Å². The highest BCUT2D eigenvalue weighted by Gasteiger charge is 2.09. The lowest BCUT2D eigenvalue weighted by atomic mass is 10.3. The quantitative estimate of drug-likeness (QED) is 0.607. The summed E-state index contributed by atoms with van der Waals surface area (Å²) in [4.78, 5) is 20.3. The molecule has 100 valence electrons. The number of aromatic amines is 1. The Morgan fingerprint density at radius 2 is 2.22 bits per heavy atom. The van der Waals surface area contributed by atoms with E-state index in [-0.39, 0.29) is 16.2 Å². The third kappa shape index (κ3) is 3.51. The van der Waals surface area contributed by atoms with Crippen LogP contribution < -0.4 is 5.56 Å². The molecule has 0 amide bonds. The van der Waals surface area contributed by atoms with E-state index in [1.807, 2.05) is 25.9 Å². The van der Waals surface area contributed by atoms with E-state index in [1.54, 1.807) is 0 Å². The van der Waals surface area contributed by atoms with E-state index >= 15 is 0 Å². The van der Waals surface area contributed by atoms with Crippen LogP contribution in [0.15, 0.2) is 9.79 Å². The molecular weight excluding hydrogens is 252 g/mol. The van der Waals surface area contributed by atoms with Gasteiger partial charge in [0.2, 0.25) is 5.88 Å². The van der Waals surface area contributed by atoms with Gasteiger partial charge in [-0.05, 0) is 33.2 Å². The summed E-state index contributed by atoms with van der Waals surface area (Å²) in [6, 6.07) is 0. The Labute approximate surface area is 111 Å². The van der Waals surface area contributed by atoms with Crippen molar-refractivity contribution in [1.82, 2.24) is 14.5 Å². The lowest BCUT2D eigenvalue weighted by Gasteiger charge is -2.08. The third-order valence-electron chi connectivity index (χ3n) is 2.42. The second-order valence-electron chi connectivity index (χ2n) is 4.08. The number of hydrogen-bond acceptors (Lipinski definition) is 5. The lowest BCUT2D eigenvalue weighted by Crippen LogP contribution is -2.19. The standard InChI is InChI=1S/C11H18N4O2S/c1-4-15-10(17)8(9(16)13-11(15)18)7-12-5-6-14(2)3/h7,17H,4-6H2,1-3H3,(H,13,16,18). The van der Waals surface area contributed by atoms with Gasteiger partial charge in [-0.2, -0.15) is 0 Å². The molecule has 1 aromatic rings. The summed E-state index contributed by atoms with van der Waals surface area (Å²) in [5.74, 6) is -0.139. The van der Waals surface area contributed by atoms with E-state index < -0.39 is 5.56 Å². The number of aromatic nitrogens is 2. The minimum atomic E-state index is -0.421. The van der Waals surface area contributed by atoms with Gasteiger partial charge in [0.05, 0.1) is 6.54 Å². The molecule has 0 radical (unpaired) electrons. The van der Waals surface area contributed by atoms with Gasteiger partial charge in [-0.3, -0.25) is 19.3 Å². The van der Waals surface area contributed by atoms with E-state index in [0.29, 0.717) is 13.1 Å². The highest BCUT2D eigenvalue weighted by atomic mass is 32.1. The van der Waals surface area contributed by atoms with E-state index in [4.69, 9.17) is 12.2 Å². The number of likely N-dealkylation sites (N-methyl/N-ethyl adjacent to an activating group) is 1.